The predicted molar refractivity (Wildman–Crippen MR) is 79.0 cm³/mol. The normalized spacial score (nSPS) is 25.8. The third kappa shape index (κ3) is 2.75. The van der Waals surface area contributed by atoms with Crippen LogP contribution in [-0.2, 0) is 11.8 Å². The van der Waals surface area contributed by atoms with Crippen LogP contribution in [0, 0.1) is 6.92 Å². The van der Waals surface area contributed by atoms with Crippen molar-refractivity contribution in [2.75, 3.05) is 32.0 Å². The number of rotatable bonds is 3. The molecule has 0 bridgehead atoms. The van der Waals surface area contributed by atoms with E-state index in [0.717, 1.165) is 19.7 Å². The Balaban J connectivity index is 1.56. The van der Waals surface area contributed by atoms with Gasteiger partial charge in [0.2, 0.25) is 0 Å². The smallest absolute Gasteiger partial charge is 0.271 e. The number of amides is 1. The summed E-state index contributed by atoms with van der Waals surface area (Å²) in [5, 5.41) is 7.07. The summed E-state index contributed by atoms with van der Waals surface area (Å²) >= 11 is 0. The molecular formula is C14H23N5O2. The van der Waals surface area contributed by atoms with E-state index < -0.39 is 0 Å². The summed E-state index contributed by atoms with van der Waals surface area (Å²) in [6.07, 6.45) is 2.53. The van der Waals surface area contributed by atoms with Gasteiger partial charge >= 0.3 is 0 Å². The molecule has 2 saturated heterocycles. The quantitative estimate of drug-likeness (QED) is 0.813. The van der Waals surface area contributed by atoms with Gasteiger partial charge in [0.15, 0.2) is 0 Å². The third-order valence-electron chi connectivity index (χ3n) is 4.44. The zero-order valence-corrected chi connectivity index (χ0v) is 12.6. The van der Waals surface area contributed by atoms with Crippen molar-refractivity contribution in [3.05, 3.63) is 11.4 Å². The zero-order valence-electron chi connectivity index (χ0n) is 12.6. The summed E-state index contributed by atoms with van der Waals surface area (Å²) in [5.74, 6) is -0.192. The van der Waals surface area contributed by atoms with Gasteiger partial charge in [-0.15, -0.1) is 0 Å². The molecule has 2 aliphatic rings. The molecule has 2 atom stereocenters. The van der Waals surface area contributed by atoms with Crippen molar-refractivity contribution < 1.29 is 9.53 Å². The van der Waals surface area contributed by atoms with E-state index in [9.17, 15) is 4.79 Å². The minimum Gasteiger partial charge on any atom is -0.395 e. The number of ether oxygens (including phenoxy) is 1. The van der Waals surface area contributed by atoms with E-state index in [0.29, 0.717) is 29.7 Å². The van der Waals surface area contributed by atoms with Crippen LogP contribution in [-0.4, -0.2) is 59.0 Å². The van der Waals surface area contributed by atoms with Crippen LogP contribution < -0.4 is 11.1 Å². The lowest BCUT2D eigenvalue weighted by atomic mass is 10.2. The van der Waals surface area contributed by atoms with E-state index in [1.165, 1.54) is 17.5 Å². The number of hydrogen-bond donors (Lipinski definition) is 2. The summed E-state index contributed by atoms with van der Waals surface area (Å²) < 4.78 is 7.36. The molecule has 1 aromatic heterocycles. The summed E-state index contributed by atoms with van der Waals surface area (Å²) in [7, 11) is 1.73. The number of nitrogen functional groups attached to an aromatic ring is 1. The molecule has 2 fully saturated rings. The van der Waals surface area contributed by atoms with Crippen molar-refractivity contribution in [2.45, 2.75) is 31.9 Å². The summed E-state index contributed by atoms with van der Waals surface area (Å²) in [6.45, 7) is 5.11. The lowest BCUT2D eigenvalue weighted by Gasteiger charge is -2.35. The molecule has 0 spiro atoms. The van der Waals surface area contributed by atoms with E-state index in [2.05, 4.69) is 15.3 Å². The lowest BCUT2D eigenvalue weighted by Crippen LogP contribution is -2.50. The predicted octanol–water partition coefficient (Wildman–Crippen LogP) is -0.0963. The summed E-state index contributed by atoms with van der Waals surface area (Å²) in [5.41, 5.74) is 7.44. The molecule has 7 nitrogen and oxygen atoms in total. The molecular weight excluding hydrogens is 270 g/mol. The van der Waals surface area contributed by atoms with Crippen molar-refractivity contribution >= 4 is 11.6 Å². The van der Waals surface area contributed by atoms with Crippen molar-refractivity contribution in [1.82, 2.24) is 20.0 Å². The van der Waals surface area contributed by atoms with E-state index in [1.54, 1.807) is 14.0 Å². The Morgan fingerprint density at radius 1 is 1.57 bits per heavy atom. The van der Waals surface area contributed by atoms with E-state index >= 15 is 0 Å². The number of carbonyl (C=O) groups excluding carboxylic acids is 1. The van der Waals surface area contributed by atoms with E-state index in [1.807, 2.05) is 0 Å². The number of nitrogens with one attached hydrogen (secondary N) is 1. The number of aryl methyl sites for hydroxylation is 2. The number of hydrogen-bond acceptors (Lipinski definition) is 5. The highest BCUT2D eigenvalue weighted by atomic mass is 16.5. The zero-order chi connectivity index (χ0) is 15.0. The first-order chi connectivity index (χ1) is 10.1. The Bertz CT molecular complexity index is 542. The molecule has 0 aromatic carbocycles. The van der Waals surface area contributed by atoms with Gasteiger partial charge in [0.1, 0.15) is 5.69 Å². The largest absolute Gasteiger partial charge is 0.395 e. The molecule has 1 aromatic rings. The highest BCUT2D eigenvalue weighted by Crippen LogP contribution is 2.22. The second-order valence-electron chi connectivity index (χ2n) is 5.93. The molecule has 0 radical (unpaired) electrons. The van der Waals surface area contributed by atoms with Crippen molar-refractivity contribution in [1.29, 1.82) is 0 Å². The molecule has 0 aliphatic carbocycles. The van der Waals surface area contributed by atoms with Gasteiger partial charge in [-0.05, 0) is 26.3 Å². The number of aromatic nitrogens is 2. The monoisotopic (exact) mass is 293 g/mol. The molecule has 21 heavy (non-hydrogen) atoms. The first-order valence-electron chi connectivity index (χ1n) is 7.49. The van der Waals surface area contributed by atoms with Gasteiger partial charge in [0.25, 0.3) is 5.91 Å². The fraction of sp³-hybridized carbons (Fsp3) is 0.714. The van der Waals surface area contributed by atoms with Crippen LogP contribution in [0.25, 0.3) is 0 Å². The minimum absolute atomic E-state index is 0.0545. The highest BCUT2D eigenvalue weighted by molar-refractivity contribution is 5.97. The molecule has 3 N–H and O–H groups in total. The van der Waals surface area contributed by atoms with Crippen molar-refractivity contribution in [2.24, 2.45) is 7.05 Å². The minimum atomic E-state index is -0.192. The Labute approximate surface area is 124 Å². The molecule has 2 unspecified atom stereocenters. The Kier molecular flexibility index (Phi) is 3.86. The van der Waals surface area contributed by atoms with Crippen LogP contribution in [0.3, 0.4) is 0 Å². The Hall–Kier alpha value is -1.60. The van der Waals surface area contributed by atoms with Crippen LogP contribution >= 0.6 is 0 Å². The van der Waals surface area contributed by atoms with Crippen molar-refractivity contribution in [3.8, 4) is 0 Å². The molecule has 0 saturated carbocycles. The fourth-order valence-electron chi connectivity index (χ4n) is 3.24. The van der Waals surface area contributed by atoms with Gasteiger partial charge in [-0.3, -0.25) is 14.4 Å². The van der Waals surface area contributed by atoms with Crippen LogP contribution in [0.4, 0.5) is 5.69 Å². The Morgan fingerprint density at radius 3 is 3.10 bits per heavy atom. The van der Waals surface area contributed by atoms with Gasteiger partial charge < -0.3 is 15.8 Å². The topological polar surface area (TPSA) is 85.4 Å². The standard InChI is InChI=1S/C14H23N5O2/c1-9-12(15)13(18(2)17-9)14(20)16-6-11-7-19-5-3-4-10(19)8-21-11/h10-11H,3-8,15H2,1-2H3,(H,16,20). The molecule has 116 valence electrons. The third-order valence-corrected chi connectivity index (χ3v) is 4.44. The van der Waals surface area contributed by atoms with Gasteiger partial charge in [-0.2, -0.15) is 5.10 Å². The molecule has 3 rings (SSSR count). The van der Waals surface area contributed by atoms with E-state index in [-0.39, 0.29) is 12.0 Å². The summed E-state index contributed by atoms with van der Waals surface area (Å²) in [6, 6.07) is 0.576. The molecule has 3 heterocycles. The molecule has 2 aliphatic heterocycles. The lowest BCUT2D eigenvalue weighted by molar-refractivity contribution is -0.0462. The van der Waals surface area contributed by atoms with Gasteiger partial charge in [0.05, 0.1) is 24.1 Å². The maximum Gasteiger partial charge on any atom is 0.271 e. The number of morpholine rings is 1. The number of carbonyl (C=O) groups is 1. The van der Waals surface area contributed by atoms with Crippen LogP contribution in [0.15, 0.2) is 0 Å². The number of nitrogens with two attached hydrogens (primary N) is 1. The van der Waals surface area contributed by atoms with Crippen LogP contribution in [0.5, 0.6) is 0 Å². The molecule has 1 amide bonds. The Morgan fingerprint density at radius 2 is 2.38 bits per heavy atom. The summed E-state index contributed by atoms with van der Waals surface area (Å²) in [4.78, 5) is 14.7. The van der Waals surface area contributed by atoms with Gasteiger partial charge in [-0.25, -0.2) is 0 Å². The van der Waals surface area contributed by atoms with Crippen LogP contribution in [0.1, 0.15) is 29.0 Å². The number of fused-ring (bicyclic) bond motifs is 1. The van der Waals surface area contributed by atoms with Crippen LogP contribution in [0.2, 0.25) is 0 Å². The SMILES string of the molecule is Cc1nn(C)c(C(=O)NCC2CN3CCCC3CO2)c1N. The maximum absolute atomic E-state index is 12.2. The molecule has 7 heteroatoms. The average molecular weight is 293 g/mol. The van der Waals surface area contributed by atoms with Crippen molar-refractivity contribution in [3.63, 3.8) is 0 Å². The fourth-order valence-corrected chi connectivity index (χ4v) is 3.24. The number of anilines is 1. The average Bonchev–Trinajstić information content (AvgIpc) is 3.01. The first-order valence-corrected chi connectivity index (χ1v) is 7.49. The van der Waals surface area contributed by atoms with Gasteiger partial charge in [0, 0.05) is 26.2 Å². The maximum atomic E-state index is 12.2. The van der Waals surface area contributed by atoms with Gasteiger partial charge in [-0.1, -0.05) is 0 Å². The second-order valence-corrected chi connectivity index (χ2v) is 5.93. The number of nitrogens with zero attached hydrogens (tertiary/aromatic N) is 3. The van der Waals surface area contributed by atoms with E-state index in [4.69, 9.17) is 10.5 Å². The highest BCUT2D eigenvalue weighted by Gasteiger charge is 2.32. The first kappa shape index (κ1) is 14.3. The second kappa shape index (κ2) is 5.65.